The lowest BCUT2D eigenvalue weighted by Gasteiger charge is -2.35. The minimum Gasteiger partial charge on any atom is -0.506 e. The summed E-state index contributed by atoms with van der Waals surface area (Å²) in [7, 11) is 0. The van der Waals surface area contributed by atoms with Crippen LogP contribution in [0.2, 0.25) is 0 Å². The molecule has 0 unspecified atom stereocenters. The van der Waals surface area contributed by atoms with Crippen molar-refractivity contribution in [3.8, 4) is 5.75 Å². The summed E-state index contributed by atoms with van der Waals surface area (Å²) in [6.45, 7) is 1.45. The lowest BCUT2D eigenvalue weighted by atomic mass is 9.83. The molecular formula is C13H17NO3. The van der Waals surface area contributed by atoms with Gasteiger partial charge in [0, 0.05) is 24.5 Å². The Kier molecular flexibility index (Phi) is 2.76. The van der Waals surface area contributed by atoms with E-state index in [1.165, 1.54) is 6.20 Å². The predicted octanol–water partition coefficient (Wildman–Crippen LogP) is 2.19. The number of ether oxygens (including phenoxy) is 2. The van der Waals surface area contributed by atoms with E-state index in [0.29, 0.717) is 5.92 Å². The van der Waals surface area contributed by atoms with E-state index in [0.717, 1.165) is 44.6 Å². The van der Waals surface area contributed by atoms with Crippen LogP contribution in [0.5, 0.6) is 5.75 Å². The molecule has 1 aromatic rings. The zero-order valence-electron chi connectivity index (χ0n) is 9.76. The first kappa shape index (κ1) is 11.0. The summed E-state index contributed by atoms with van der Waals surface area (Å²) in [5, 5.41) is 9.22. The zero-order valence-corrected chi connectivity index (χ0v) is 9.76. The van der Waals surface area contributed by atoms with Gasteiger partial charge in [-0.2, -0.15) is 0 Å². The van der Waals surface area contributed by atoms with Crippen molar-refractivity contribution in [3.05, 3.63) is 24.0 Å². The second kappa shape index (κ2) is 4.27. The fourth-order valence-corrected chi connectivity index (χ4v) is 2.78. The third-order valence-corrected chi connectivity index (χ3v) is 3.75. The molecule has 4 nitrogen and oxygen atoms in total. The van der Waals surface area contributed by atoms with Crippen LogP contribution in [0.3, 0.4) is 0 Å². The lowest BCUT2D eigenvalue weighted by molar-refractivity contribution is -0.178. The Morgan fingerprint density at radius 2 is 1.88 bits per heavy atom. The van der Waals surface area contributed by atoms with Crippen LogP contribution >= 0.6 is 0 Å². The number of hydrogen-bond donors (Lipinski definition) is 1. The summed E-state index contributed by atoms with van der Waals surface area (Å²) in [4.78, 5) is 4.29. The maximum Gasteiger partial charge on any atom is 0.168 e. The third-order valence-electron chi connectivity index (χ3n) is 3.75. The van der Waals surface area contributed by atoms with Crippen molar-refractivity contribution in [1.29, 1.82) is 0 Å². The first-order valence-electron chi connectivity index (χ1n) is 6.20. The molecule has 1 saturated carbocycles. The van der Waals surface area contributed by atoms with Crippen LogP contribution in [0.4, 0.5) is 0 Å². The average molecular weight is 235 g/mol. The number of nitrogens with zero attached hydrogens (tertiary/aromatic N) is 1. The minimum atomic E-state index is -0.298. The van der Waals surface area contributed by atoms with E-state index < -0.39 is 0 Å². The molecule has 1 aliphatic heterocycles. The number of pyridine rings is 1. The highest BCUT2D eigenvalue weighted by molar-refractivity contribution is 5.20. The van der Waals surface area contributed by atoms with Crippen molar-refractivity contribution in [2.45, 2.75) is 37.4 Å². The third kappa shape index (κ3) is 2.15. The Morgan fingerprint density at radius 1 is 1.18 bits per heavy atom. The van der Waals surface area contributed by atoms with Gasteiger partial charge in [0.2, 0.25) is 0 Å². The van der Waals surface area contributed by atoms with Gasteiger partial charge in [0.25, 0.3) is 0 Å². The van der Waals surface area contributed by atoms with Crippen molar-refractivity contribution in [2.24, 2.45) is 0 Å². The molecule has 3 rings (SSSR count). The maximum atomic E-state index is 9.22. The molecule has 2 fully saturated rings. The molecule has 4 heteroatoms. The van der Waals surface area contributed by atoms with Gasteiger partial charge in [-0.25, -0.2) is 0 Å². The summed E-state index contributed by atoms with van der Waals surface area (Å²) < 4.78 is 11.4. The van der Waals surface area contributed by atoms with Crippen LogP contribution in [-0.4, -0.2) is 29.1 Å². The first-order chi connectivity index (χ1) is 8.27. The van der Waals surface area contributed by atoms with E-state index in [4.69, 9.17) is 9.47 Å². The summed E-state index contributed by atoms with van der Waals surface area (Å²) in [5.74, 6) is 0.394. The van der Waals surface area contributed by atoms with Crippen molar-refractivity contribution >= 4 is 0 Å². The molecule has 0 atom stereocenters. The number of aromatic nitrogens is 1. The van der Waals surface area contributed by atoms with Crippen molar-refractivity contribution in [1.82, 2.24) is 4.98 Å². The SMILES string of the molecule is Oc1ccc(C2CCC3(CC2)OCCO3)nc1. The molecule has 2 aliphatic rings. The molecular weight excluding hydrogens is 218 g/mol. The summed E-state index contributed by atoms with van der Waals surface area (Å²) in [6, 6.07) is 3.61. The second-order valence-electron chi connectivity index (χ2n) is 4.82. The van der Waals surface area contributed by atoms with Crippen LogP contribution in [0.25, 0.3) is 0 Å². The molecule has 1 N–H and O–H groups in total. The highest BCUT2D eigenvalue weighted by Crippen LogP contribution is 2.41. The molecule has 1 aromatic heterocycles. The fraction of sp³-hybridized carbons (Fsp3) is 0.615. The molecule has 2 heterocycles. The van der Waals surface area contributed by atoms with E-state index in [2.05, 4.69) is 4.98 Å². The highest BCUT2D eigenvalue weighted by atomic mass is 16.7. The Labute approximate surface area is 101 Å². The standard InChI is InChI=1S/C13H17NO3/c15-11-1-2-12(14-9-11)10-3-5-13(6-4-10)16-7-8-17-13/h1-2,9-10,15H,3-8H2. The van der Waals surface area contributed by atoms with Gasteiger partial charge in [-0.3, -0.25) is 4.98 Å². The summed E-state index contributed by atoms with van der Waals surface area (Å²) >= 11 is 0. The van der Waals surface area contributed by atoms with E-state index in [9.17, 15) is 5.11 Å². The summed E-state index contributed by atoms with van der Waals surface area (Å²) in [6.07, 6.45) is 5.48. The van der Waals surface area contributed by atoms with Crippen LogP contribution < -0.4 is 0 Å². The molecule has 0 radical (unpaired) electrons. The van der Waals surface area contributed by atoms with Gasteiger partial charge >= 0.3 is 0 Å². The van der Waals surface area contributed by atoms with Gasteiger partial charge in [0.05, 0.1) is 19.4 Å². The molecule has 1 spiro atoms. The van der Waals surface area contributed by atoms with Gasteiger partial charge in [-0.05, 0) is 25.0 Å². The Hall–Kier alpha value is -1.13. The van der Waals surface area contributed by atoms with E-state index >= 15 is 0 Å². The van der Waals surface area contributed by atoms with Crippen LogP contribution in [0.15, 0.2) is 18.3 Å². The largest absolute Gasteiger partial charge is 0.506 e. The highest BCUT2D eigenvalue weighted by Gasteiger charge is 2.40. The number of aromatic hydroxyl groups is 1. The molecule has 1 aliphatic carbocycles. The molecule has 1 saturated heterocycles. The second-order valence-corrected chi connectivity index (χ2v) is 4.82. The lowest BCUT2D eigenvalue weighted by Crippen LogP contribution is -2.34. The average Bonchev–Trinajstić information content (AvgIpc) is 2.80. The topological polar surface area (TPSA) is 51.6 Å². The number of rotatable bonds is 1. The Morgan fingerprint density at radius 3 is 2.47 bits per heavy atom. The molecule has 17 heavy (non-hydrogen) atoms. The molecule has 0 aromatic carbocycles. The Balaban J connectivity index is 1.66. The monoisotopic (exact) mass is 235 g/mol. The van der Waals surface area contributed by atoms with Crippen LogP contribution in [-0.2, 0) is 9.47 Å². The van der Waals surface area contributed by atoms with Gasteiger partial charge in [0.1, 0.15) is 5.75 Å². The van der Waals surface area contributed by atoms with E-state index in [1.54, 1.807) is 6.07 Å². The van der Waals surface area contributed by atoms with Gasteiger partial charge in [-0.15, -0.1) is 0 Å². The maximum absolute atomic E-state index is 9.22. The van der Waals surface area contributed by atoms with Gasteiger partial charge < -0.3 is 14.6 Å². The minimum absolute atomic E-state index is 0.225. The van der Waals surface area contributed by atoms with Crippen molar-refractivity contribution in [2.75, 3.05) is 13.2 Å². The zero-order chi connectivity index (χ0) is 11.7. The van der Waals surface area contributed by atoms with Crippen molar-refractivity contribution in [3.63, 3.8) is 0 Å². The molecule has 0 bridgehead atoms. The fourth-order valence-electron chi connectivity index (χ4n) is 2.78. The normalized spacial score (nSPS) is 24.2. The predicted molar refractivity (Wildman–Crippen MR) is 61.7 cm³/mol. The quantitative estimate of drug-likeness (QED) is 0.810. The first-order valence-corrected chi connectivity index (χ1v) is 6.20. The van der Waals surface area contributed by atoms with Crippen molar-refractivity contribution < 1.29 is 14.6 Å². The van der Waals surface area contributed by atoms with Gasteiger partial charge in [0.15, 0.2) is 5.79 Å². The van der Waals surface area contributed by atoms with Crippen LogP contribution in [0, 0.1) is 0 Å². The van der Waals surface area contributed by atoms with E-state index in [1.807, 2.05) is 6.07 Å². The summed E-state index contributed by atoms with van der Waals surface area (Å²) in [5.41, 5.74) is 1.07. The van der Waals surface area contributed by atoms with E-state index in [-0.39, 0.29) is 11.5 Å². The molecule has 0 amide bonds. The smallest absolute Gasteiger partial charge is 0.168 e. The molecule has 92 valence electrons. The van der Waals surface area contributed by atoms with Gasteiger partial charge in [-0.1, -0.05) is 0 Å². The van der Waals surface area contributed by atoms with Crippen LogP contribution in [0.1, 0.15) is 37.3 Å². The Bertz CT molecular complexity index is 374. The number of hydrogen-bond acceptors (Lipinski definition) is 4.